The van der Waals surface area contributed by atoms with Gasteiger partial charge in [0.25, 0.3) is 0 Å². The van der Waals surface area contributed by atoms with Gasteiger partial charge >= 0.3 is 0 Å². The smallest absolute Gasteiger partial charge is 0.223 e. The molecule has 20 heavy (non-hydrogen) atoms. The second-order valence-corrected chi connectivity index (χ2v) is 6.41. The molecule has 1 rings (SSSR count). The van der Waals surface area contributed by atoms with E-state index in [0.29, 0.717) is 18.9 Å². The zero-order chi connectivity index (χ0) is 15.0. The molecule has 0 fully saturated rings. The summed E-state index contributed by atoms with van der Waals surface area (Å²) in [5.74, 6) is 1.51. The second-order valence-electron chi connectivity index (χ2n) is 5.50. The van der Waals surface area contributed by atoms with Gasteiger partial charge in [-0.05, 0) is 43.9 Å². The molecule has 112 valence electrons. The summed E-state index contributed by atoms with van der Waals surface area (Å²) in [6.07, 6.45) is 2.55. The monoisotopic (exact) mass is 341 g/mol. The molecule has 4 heteroatoms. The summed E-state index contributed by atoms with van der Waals surface area (Å²) in [5.41, 5.74) is 0. The lowest BCUT2D eigenvalue weighted by Crippen LogP contribution is -2.33. The van der Waals surface area contributed by atoms with E-state index in [1.54, 1.807) is 0 Å². The fourth-order valence-corrected chi connectivity index (χ4v) is 2.20. The molecule has 0 aliphatic carbocycles. The first kappa shape index (κ1) is 17.0. The van der Waals surface area contributed by atoms with E-state index in [4.69, 9.17) is 4.74 Å². The van der Waals surface area contributed by atoms with Crippen molar-refractivity contribution in [2.45, 2.75) is 46.1 Å². The number of nitrogens with one attached hydrogen (secondary N) is 1. The summed E-state index contributed by atoms with van der Waals surface area (Å²) >= 11 is 3.39. The maximum atomic E-state index is 11.8. The van der Waals surface area contributed by atoms with Crippen LogP contribution in [-0.4, -0.2) is 18.6 Å². The summed E-state index contributed by atoms with van der Waals surface area (Å²) in [4.78, 5) is 11.8. The molecule has 0 aliphatic heterocycles. The zero-order valence-electron chi connectivity index (χ0n) is 12.5. The normalized spacial score (nSPS) is 12.2. The van der Waals surface area contributed by atoms with Crippen LogP contribution in [0.3, 0.4) is 0 Å². The van der Waals surface area contributed by atoms with E-state index in [1.165, 1.54) is 0 Å². The molecular weight excluding hydrogens is 318 g/mol. The fraction of sp³-hybridized carbons (Fsp3) is 0.562. The summed E-state index contributed by atoms with van der Waals surface area (Å²) in [5, 5.41) is 3.00. The summed E-state index contributed by atoms with van der Waals surface area (Å²) in [6.45, 7) is 6.84. The first-order chi connectivity index (χ1) is 9.47. The second kappa shape index (κ2) is 9.01. The molecule has 1 N–H and O–H groups in total. The van der Waals surface area contributed by atoms with Crippen molar-refractivity contribution in [2.75, 3.05) is 6.61 Å². The zero-order valence-corrected chi connectivity index (χ0v) is 14.1. The molecule has 1 aromatic carbocycles. The Balaban J connectivity index is 2.20. The number of halogens is 1. The molecule has 1 unspecified atom stereocenters. The van der Waals surface area contributed by atoms with Crippen molar-refractivity contribution in [1.82, 2.24) is 5.32 Å². The lowest BCUT2D eigenvalue weighted by atomic mass is 10.0. The van der Waals surface area contributed by atoms with Crippen LogP contribution in [0.15, 0.2) is 28.7 Å². The van der Waals surface area contributed by atoms with E-state index >= 15 is 0 Å². The van der Waals surface area contributed by atoms with Gasteiger partial charge in [-0.25, -0.2) is 0 Å². The number of rotatable bonds is 8. The van der Waals surface area contributed by atoms with Crippen LogP contribution in [0.25, 0.3) is 0 Å². The number of hydrogen-bond acceptors (Lipinski definition) is 2. The molecule has 0 saturated heterocycles. The summed E-state index contributed by atoms with van der Waals surface area (Å²) in [6, 6.07) is 7.86. The molecule has 0 bridgehead atoms. The third kappa shape index (κ3) is 7.53. The van der Waals surface area contributed by atoms with Crippen LogP contribution in [0.1, 0.15) is 40.0 Å². The van der Waals surface area contributed by atoms with Crippen LogP contribution in [0.2, 0.25) is 0 Å². The van der Waals surface area contributed by atoms with E-state index < -0.39 is 0 Å². The Morgan fingerprint density at radius 3 is 2.70 bits per heavy atom. The maximum Gasteiger partial charge on any atom is 0.223 e. The minimum absolute atomic E-state index is 0.0521. The molecule has 1 atom stereocenters. The Hall–Kier alpha value is -1.03. The van der Waals surface area contributed by atoms with Gasteiger partial charge in [-0.15, -0.1) is 0 Å². The molecular formula is C16H24BrNO2. The largest absolute Gasteiger partial charge is 0.493 e. The van der Waals surface area contributed by atoms with Gasteiger partial charge in [0.15, 0.2) is 0 Å². The highest BCUT2D eigenvalue weighted by atomic mass is 79.9. The number of hydrogen-bond donors (Lipinski definition) is 1. The van der Waals surface area contributed by atoms with Gasteiger partial charge in [0.1, 0.15) is 5.75 Å². The van der Waals surface area contributed by atoms with Crippen LogP contribution in [-0.2, 0) is 4.79 Å². The van der Waals surface area contributed by atoms with Gasteiger partial charge in [0.2, 0.25) is 5.91 Å². The van der Waals surface area contributed by atoms with Crippen LogP contribution in [0, 0.1) is 5.92 Å². The Morgan fingerprint density at radius 2 is 2.05 bits per heavy atom. The predicted octanol–water partition coefficient (Wildman–Crippen LogP) is 4.16. The number of carbonyl (C=O) groups is 1. The SMILES string of the molecule is CC(C)CCC(C)NC(=O)CCOc1cccc(Br)c1. The summed E-state index contributed by atoms with van der Waals surface area (Å²) < 4.78 is 6.52. The van der Waals surface area contributed by atoms with Gasteiger partial charge in [0.05, 0.1) is 13.0 Å². The van der Waals surface area contributed by atoms with Gasteiger partial charge in [-0.1, -0.05) is 35.8 Å². The minimum Gasteiger partial charge on any atom is -0.493 e. The predicted molar refractivity (Wildman–Crippen MR) is 85.9 cm³/mol. The lowest BCUT2D eigenvalue weighted by molar-refractivity contribution is -0.122. The molecule has 3 nitrogen and oxygen atoms in total. The van der Waals surface area contributed by atoms with Crippen molar-refractivity contribution in [3.05, 3.63) is 28.7 Å². The Kier molecular flexibility index (Phi) is 7.67. The van der Waals surface area contributed by atoms with E-state index in [-0.39, 0.29) is 11.9 Å². The first-order valence-corrected chi connectivity index (χ1v) is 7.94. The average Bonchev–Trinajstić information content (AvgIpc) is 2.36. The van der Waals surface area contributed by atoms with Gasteiger partial charge < -0.3 is 10.1 Å². The minimum atomic E-state index is 0.0521. The lowest BCUT2D eigenvalue weighted by Gasteiger charge is -2.15. The first-order valence-electron chi connectivity index (χ1n) is 7.15. The Morgan fingerprint density at radius 1 is 1.30 bits per heavy atom. The van der Waals surface area contributed by atoms with E-state index in [9.17, 15) is 4.79 Å². The van der Waals surface area contributed by atoms with Gasteiger partial charge in [0, 0.05) is 10.5 Å². The summed E-state index contributed by atoms with van der Waals surface area (Å²) in [7, 11) is 0. The highest BCUT2D eigenvalue weighted by Crippen LogP contribution is 2.17. The molecule has 0 radical (unpaired) electrons. The molecule has 0 spiro atoms. The average molecular weight is 342 g/mol. The van der Waals surface area contributed by atoms with Crippen molar-refractivity contribution in [3.8, 4) is 5.75 Å². The third-order valence-electron chi connectivity index (χ3n) is 2.98. The molecule has 0 saturated carbocycles. The van der Waals surface area contributed by atoms with Crippen molar-refractivity contribution in [3.63, 3.8) is 0 Å². The van der Waals surface area contributed by atoms with Crippen LogP contribution in [0.4, 0.5) is 0 Å². The molecule has 0 aliphatic rings. The standard InChI is InChI=1S/C16H24BrNO2/c1-12(2)7-8-13(3)18-16(19)9-10-20-15-6-4-5-14(17)11-15/h4-6,11-13H,7-10H2,1-3H3,(H,18,19). The van der Waals surface area contributed by atoms with Crippen molar-refractivity contribution >= 4 is 21.8 Å². The third-order valence-corrected chi connectivity index (χ3v) is 3.47. The van der Waals surface area contributed by atoms with Gasteiger partial charge in [-0.2, -0.15) is 0 Å². The number of ether oxygens (including phenoxy) is 1. The van der Waals surface area contributed by atoms with E-state index in [1.807, 2.05) is 24.3 Å². The van der Waals surface area contributed by atoms with Gasteiger partial charge in [-0.3, -0.25) is 4.79 Å². The van der Waals surface area contributed by atoms with Crippen LogP contribution < -0.4 is 10.1 Å². The molecule has 1 amide bonds. The maximum absolute atomic E-state index is 11.8. The van der Waals surface area contributed by atoms with Crippen molar-refractivity contribution in [2.24, 2.45) is 5.92 Å². The van der Waals surface area contributed by atoms with E-state index in [2.05, 4.69) is 42.0 Å². The van der Waals surface area contributed by atoms with E-state index in [0.717, 1.165) is 23.1 Å². The Labute approximate surface area is 130 Å². The Bertz CT molecular complexity index is 421. The molecule has 0 aromatic heterocycles. The highest BCUT2D eigenvalue weighted by Gasteiger charge is 2.08. The molecule has 1 aromatic rings. The number of amides is 1. The molecule has 0 heterocycles. The number of benzene rings is 1. The van der Waals surface area contributed by atoms with Crippen LogP contribution in [0.5, 0.6) is 5.75 Å². The fourth-order valence-electron chi connectivity index (χ4n) is 1.82. The van der Waals surface area contributed by atoms with Crippen molar-refractivity contribution in [1.29, 1.82) is 0 Å². The topological polar surface area (TPSA) is 38.3 Å². The van der Waals surface area contributed by atoms with Crippen molar-refractivity contribution < 1.29 is 9.53 Å². The number of carbonyl (C=O) groups excluding carboxylic acids is 1. The quantitative estimate of drug-likeness (QED) is 0.770. The highest BCUT2D eigenvalue weighted by molar-refractivity contribution is 9.10. The van der Waals surface area contributed by atoms with Crippen LogP contribution >= 0.6 is 15.9 Å².